The van der Waals surface area contributed by atoms with E-state index < -0.39 is 9.84 Å². The summed E-state index contributed by atoms with van der Waals surface area (Å²) in [7, 11) is -2.90. The summed E-state index contributed by atoms with van der Waals surface area (Å²) in [4.78, 5) is 2.50. The number of piperidine rings is 1. The van der Waals surface area contributed by atoms with Gasteiger partial charge in [-0.05, 0) is 52.6 Å². The van der Waals surface area contributed by atoms with Gasteiger partial charge in [-0.25, -0.2) is 8.42 Å². The Morgan fingerprint density at radius 3 is 2.26 bits per heavy atom. The van der Waals surface area contributed by atoms with Crippen molar-refractivity contribution in [2.45, 2.75) is 69.3 Å². The smallest absolute Gasteiger partial charge is 0.151 e. The molecule has 0 bridgehead atoms. The Balaban J connectivity index is 1.85. The van der Waals surface area contributed by atoms with Crippen LogP contribution < -0.4 is 5.32 Å². The fraction of sp³-hybridized carbons (Fsp3) is 1.00. The molecule has 0 aromatic rings. The lowest BCUT2D eigenvalue weighted by molar-refractivity contribution is 0.156. The van der Waals surface area contributed by atoms with Crippen LogP contribution in [0.5, 0.6) is 0 Å². The molecule has 1 aliphatic carbocycles. The van der Waals surface area contributed by atoms with Crippen LogP contribution in [0.3, 0.4) is 0 Å². The summed E-state index contributed by atoms with van der Waals surface area (Å²) in [5.41, 5.74) is 0. The first-order valence-electron chi connectivity index (χ1n) is 7.57. The fourth-order valence-electron chi connectivity index (χ4n) is 3.51. The summed E-state index contributed by atoms with van der Waals surface area (Å²) in [6.07, 6.45) is 6.57. The van der Waals surface area contributed by atoms with Gasteiger partial charge in [0.25, 0.3) is 0 Å². The summed E-state index contributed by atoms with van der Waals surface area (Å²) >= 11 is 0. The Kier molecular flexibility index (Phi) is 4.90. The second-order valence-corrected chi connectivity index (χ2v) is 8.74. The van der Waals surface area contributed by atoms with E-state index in [1.165, 1.54) is 6.26 Å². The number of likely N-dealkylation sites (tertiary alicyclic amines) is 1. The molecule has 4 nitrogen and oxygen atoms in total. The van der Waals surface area contributed by atoms with Crippen LogP contribution in [-0.4, -0.2) is 56.0 Å². The molecule has 2 aliphatic rings. The molecule has 112 valence electrons. The van der Waals surface area contributed by atoms with Crippen LogP contribution in [0.15, 0.2) is 0 Å². The highest BCUT2D eigenvalue weighted by molar-refractivity contribution is 7.91. The van der Waals surface area contributed by atoms with E-state index in [1.807, 2.05) is 0 Å². The summed E-state index contributed by atoms with van der Waals surface area (Å²) in [6, 6.07) is 1.31. The molecule has 2 rings (SSSR count). The van der Waals surface area contributed by atoms with Crippen molar-refractivity contribution in [1.82, 2.24) is 10.2 Å². The maximum absolute atomic E-state index is 11.8. The van der Waals surface area contributed by atoms with E-state index in [9.17, 15) is 8.42 Å². The summed E-state index contributed by atoms with van der Waals surface area (Å²) in [5.74, 6) is 0. The van der Waals surface area contributed by atoms with E-state index in [0.717, 1.165) is 45.2 Å². The van der Waals surface area contributed by atoms with E-state index in [-0.39, 0.29) is 11.3 Å². The van der Waals surface area contributed by atoms with Crippen molar-refractivity contribution in [2.24, 2.45) is 0 Å². The SMILES string of the molecule is CC(C)N1CCC(NC2CCCC2S(C)(=O)=O)CC1. The van der Waals surface area contributed by atoms with Crippen molar-refractivity contribution in [2.75, 3.05) is 19.3 Å². The second kappa shape index (κ2) is 6.10. The maximum Gasteiger partial charge on any atom is 0.151 e. The van der Waals surface area contributed by atoms with Gasteiger partial charge in [0.05, 0.1) is 5.25 Å². The Morgan fingerprint density at radius 2 is 1.74 bits per heavy atom. The zero-order chi connectivity index (χ0) is 14.0. The van der Waals surface area contributed by atoms with Crippen LogP contribution in [0, 0.1) is 0 Å². The maximum atomic E-state index is 11.8. The molecule has 5 heteroatoms. The Labute approximate surface area is 117 Å². The molecule has 1 saturated heterocycles. The first-order valence-corrected chi connectivity index (χ1v) is 9.52. The number of hydrogen-bond donors (Lipinski definition) is 1. The topological polar surface area (TPSA) is 49.4 Å². The van der Waals surface area contributed by atoms with Gasteiger partial charge in [-0.1, -0.05) is 6.42 Å². The molecule has 0 amide bonds. The highest BCUT2D eigenvalue weighted by atomic mass is 32.2. The summed E-state index contributed by atoms with van der Waals surface area (Å²) < 4.78 is 23.6. The molecule has 1 N–H and O–H groups in total. The third-order valence-corrected chi connectivity index (χ3v) is 6.38. The molecule has 1 aliphatic heterocycles. The third kappa shape index (κ3) is 3.92. The van der Waals surface area contributed by atoms with Crippen molar-refractivity contribution in [3.05, 3.63) is 0 Å². The number of nitrogens with one attached hydrogen (secondary N) is 1. The van der Waals surface area contributed by atoms with E-state index in [2.05, 4.69) is 24.1 Å². The standard InChI is InChI=1S/C14H28N2O2S/c1-11(2)16-9-7-12(8-10-16)15-13-5-4-6-14(13)19(3,17)18/h11-15H,4-10H2,1-3H3. The van der Waals surface area contributed by atoms with Crippen LogP contribution >= 0.6 is 0 Å². The van der Waals surface area contributed by atoms with Crippen molar-refractivity contribution >= 4 is 9.84 Å². The van der Waals surface area contributed by atoms with E-state index in [4.69, 9.17) is 0 Å². The van der Waals surface area contributed by atoms with Gasteiger partial charge in [0.1, 0.15) is 0 Å². The average molecular weight is 288 g/mol. The van der Waals surface area contributed by atoms with Crippen LogP contribution in [0.25, 0.3) is 0 Å². The first-order chi connectivity index (χ1) is 8.88. The Hall–Kier alpha value is -0.130. The molecule has 1 saturated carbocycles. The van der Waals surface area contributed by atoms with Crippen molar-refractivity contribution in [3.63, 3.8) is 0 Å². The molecule has 2 unspecified atom stereocenters. The van der Waals surface area contributed by atoms with E-state index >= 15 is 0 Å². The first kappa shape index (κ1) is 15.3. The quantitative estimate of drug-likeness (QED) is 0.850. The normalized spacial score (nSPS) is 31.2. The van der Waals surface area contributed by atoms with Gasteiger partial charge in [0.15, 0.2) is 9.84 Å². The van der Waals surface area contributed by atoms with Crippen molar-refractivity contribution in [3.8, 4) is 0 Å². The van der Waals surface area contributed by atoms with Gasteiger partial charge in [0, 0.05) is 24.4 Å². The van der Waals surface area contributed by atoms with Gasteiger partial charge >= 0.3 is 0 Å². The highest BCUT2D eigenvalue weighted by Crippen LogP contribution is 2.26. The Bertz CT molecular complexity index is 386. The van der Waals surface area contributed by atoms with Gasteiger partial charge in [-0.3, -0.25) is 0 Å². The minimum Gasteiger partial charge on any atom is -0.310 e. The fourth-order valence-corrected chi connectivity index (χ4v) is 4.92. The lowest BCUT2D eigenvalue weighted by Crippen LogP contribution is -2.50. The zero-order valence-electron chi connectivity index (χ0n) is 12.4. The monoisotopic (exact) mass is 288 g/mol. The number of rotatable bonds is 4. The predicted octanol–water partition coefficient (Wildman–Crippen LogP) is 1.41. The van der Waals surface area contributed by atoms with Gasteiger partial charge in [-0.2, -0.15) is 0 Å². The molecule has 0 spiro atoms. The van der Waals surface area contributed by atoms with Crippen molar-refractivity contribution < 1.29 is 8.42 Å². The van der Waals surface area contributed by atoms with Gasteiger partial charge in [0.2, 0.25) is 0 Å². The molecule has 19 heavy (non-hydrogen) atoms. The molecular formula is C14H28N2O2S. The average Bonchev–Trinajstić information content (AvgIpc) is 2.77. The molecule has 0 aromatic carbocycles. The predicted molar refractivity (Wildman–Crippen MR) is 79.1 cm³/mol. The number of nitrogens with zero attached hydrogens (tertiary/aromatic N) is 1. The molecule has 2 fully saturated rings. The molecule has 0 aromatic heterocycles. The largest absolute Gasteiger partial charge is 0.310 e. The number of hydrogen-bond acceptors (Lipinski definition) is 4. The molecule has 2 atom stereocenters. The van der Waals surface area contributed by atoms with Crippen LogP contribution in [0.1, 0.15) is 46.0 Å². The van der Waals surface area contributed by atoms with Gasteiger partial charge < -0.3 is 10.2 Å². The lowest BCUT2D eigenvalue weighted by Gasteiger charge is -2.36. The van der Waals surface area contributed by atoms with Gasteiger partial charge in [-0.15, -0.1) is 0 Å². The van der Waals surface area contributed by atoms with Crippen molar-refractivity contribution in [1.29, 1.82) is 0 Å². The van der Waals surface area contributed by atoms with E-state index in [0.29, 0.717) is 12.1 Å². The van der Waals surface area contributed by atoms with Crippen LogP contribution in [0.2, 0.25) is 0 Å². The minimum atomic E-state index is -2.90. The van der Waals surface area contributed by atoms with Crippen LogP contribution in [-0.2, 0) is 9.84 Å². The lowest BCUT2D eigenvalue weighted by atomic mass is 10.0. The second-order valence-electron chi connectivity index (χ2n) is 6.48. The highest BCUT2D eigenvalue weighted by Gasteiger charge is 2.36. The third-order valence-electron chi connectivity index (χ3n) is 4.71. The zero-order valence-corrected chi connectivity index (χ0v) is 13.2. The molecule has 1 heterocycles. The Morgan fingerprint density at radius 1 is 1.11 bits per heavy atom. The number of sulfone groups is 1. The van der Waals surface area contributed by atoms with Crippen LogP contribution in [0.4, 0.5) is 0 Å². The van der Waals surface area contributed by atoms with E-state index in [1.54, 1.807) is 0 Å². The summed E-state index contributed by atoms with van der Waals surface area (Å²) in [6.45, 7) is 6.74. The summed E-state index contributed by atoms with van der Waals surface area (Å²) in [5, 5.41) is 3.47. The molecular weight excluding hydrogens is 260 g/mol. The molecule has 0 radical (unpaired) electrons. The minimum absolute atomic E-state index is 0.157.